The molecule has 0 saturated heterocycles. The zero-order valence-electron chi connectivity index (χ0n) is 17.4. The van der Waals surface area contributed by atoms with Gasteiger partial charge in [0, 0.05) is 41.6 Å². The lowest BCUT2D eigenvalue weighted by molar-refractivity contribution is -0.0506. The number of pyridine rings is 1. The normalized spacial score (nSPS) is 15.8. The van der Waals surface area contributed by atoms with Crippen LogP contribution in [0.4, 0.5) is 13.2 Å². The van der Waals surface area contributed by atoms with Gasteiger partial charge in [0.15, 0.2) is 14.9 Å². The summed E-state index contributed by atoms with van der Waals surface area (Å²) in [5, 5.41) is -0.103. The Morgan fingerprint density at radius 1 is 1.15 bits per heavy atom. The van der Waals surface area contributed by atoms with E-state index in [9.17, 15) is 21.6 Å². The van der Waals surface area contributed by atoms with E-state index in [4.69, 9.17) is 4.74 Å². The number of nitrogens with zero attached hydrogens (tertiary/aromatic N) is 3. The number of ether oxygens (including phenoxy) is 1. The lowest BCUT2D eigenvalue weighted by atomic mass is 10.0. The van der Waals surface area contributed by atoms with Crippen LogP contribution in [-0.2, 0) is 16.3 Å². The Morgan fingerprint density at radius 2 is 1.94 bits per heavy atom. The second-order valence-corrected chi connectivity index (χ2v) is 9.81. The van der Waals surface area contributed by atoms with Crippen molar-refractivity contribution in [2.75, 3.05) is 6.26 Å². The van der Waals surface area contributed by atoms with Crippen LogP contribution >= 0.6 is 0 Å². The molecule has 0 unspecified atom stereocenters. The first kappa shape index (κ1) is 21.4. The molecule has 1 aliphatic rings. The van der Waals surface area contributed by atoms with Gasteiger partial charge in [0.2, 0.25) is 0 Å². The monoisotopic (exact) mass is 473 g/mol. The van der Waals surface area contributed by atoms with Crippen LogP contribution in [0.2, 0.25) is 0 Å². The Hall–Kier alpha value is -3.40. The van der Waals surface area contributed by atoms with Crippen LogP contribution in [0.15, 0.2) is 59.8 Å². The summed E-state index contributed by atoms with van der Waals surface area (Å²) in [5.41, 5.74) is 2.33. The van der Waals surface area contributed by atoms with Crippen molar-refractivity contribution in [2.24, 2.45) is 0 Å². The summed E-state index contributed by atoms with van der Waals surface area (Å²) in [5.74, 6) is 0.296. The van der Waals surface area contributed by atoms with Gasteiger partial charge in [0.1, 0.15) is 17.4 Å². The molecule has 1 aliphatic heterocycles. The number of benzene rings is 2. The number of alkyl halides is 2. The molecule has 6 nitrogen and oxygen atoms in total. The minimum Gasteiger partial charge on any atom is -0.434 e. The summed E-state index contributed by atoms with van der Waals surface area (Å²) >= 11 is 0. The Bertz CT molecular complexity index is 1470. The predicted molar refractivity (Wildman–Crippen MR) is 116 cm³/mol. The second kappa shape index (κ2) is 7.87. The molecule has 3 heterocycles. The van der Waals surface area contributed by atoms with Crippen molar-refractivity contribution in [3.63, 3.8) is 0 Å². The number of rotatable bonds is 5. The van der Waals surface area contributed by atoms with Gasteiger partial charge >= 0.3 is 6.61 Å². The number of aryl methyl sites for hydroxylation is 1. The fourth-order valence-corrected chi connectivity index (χ4v) is 4.88. The van der Waals surface area contributed by atoms with Crippen molar-refractivity contribution in [1.29, 1.82) is 0 Å². The molecule has 5 rings (SSSR count). The van der Waals surface area contributed by atoms with Crippen LogP contribution in [0.3, 0.4) is 0 Å². The first-order chi connectivity index (χ1) is 15.7. The Balaban J connectivity index is 1.62. The molecule has 0 radical (unpaired) electrons. The van der Waals surface area contributed by atoms with Gasteiger partial charge in [0.05, 0.1) is 17.1 Å². The Labute approximate surface area is 187 Å². The minimum atomic E-state index is -3.48. The molecular weight excluding hydrogens is 455 g/mol. The summed E-state index contributed by atoms with van der Waals surface area (Å²) in [6.45, 7) is -2.95. The minimum absolute atomic E-state index is 0.0927. The summed E-state index contributed by atoms with van der Waals surface area (Å²) in [7, 11) is -3.48. The molecule has 0 fully saturated rings. The zero-order valence-corrected chi connectivity index (χ0v) is 18.2. The number of hydrogen-bond acceptors (Lipinski definition) is 5. The van der Waals surface area contributed by atoms with E-state index in [2.05, 4.69) is 9.97 Å². The molecule has 4 aromatic rings. The van der Waals surface area contributed by atoms with E-state index < -0.39 is 22.3 Å². The van der Waals surface area contributed by atoms with Crippen molar-refractivity contribution in [2.45, 2.75) is 30.5 Å². The summed E-state index contributed by atoms with van der Waals surface area (Å²) in [6, 6.07) is 12.1. The van der Waals surface area contributed by atoms with Crippen molar-refractivity contribution in [3.8, 4) is 16.9 Å². The fraction of sp³-hybridized carbons (Fsp3) is 0.217. The average molecular weight is 473 g/mol. The van der Waals surface area contributed by atoms with Gasteiger partial charge in [-0.25, -0.2) is 22.8 Å². The van der Waals surface area contributed by atoms with Crippen molar-refractivity contribution >= 4 is 20.9 Å². The standard InChI is InChI=1S/C23H18F3N3O3S/c1-33(30,31)22-9-6-13(12-27-22)15-10-19-17(11-16(15)24)28-21-8-7-18(29(19)21)14-4-2-3-5-20(14)32-23(25)26/h2-6,9-12,18,23H,7-8H2,1H3/t18-/m1/s1. The van der Waals surface area contributed by atoms with E-state index in [0.29, 0.717) is 35.0 Å². The molecule has 33 heavy (non-hydrogen) atoms. The number of aromatic nitrogens is 3. The van der Waals surface area contributed by atoms with Crippen molar-refractivity contribution in [3.05, 3.63) is 71.9 Å². The van der Waals surface area contributed by atoms with E-state index in [1.165, 1.54) is 30.5 Å². The fourth-order valence-electron chi connectivity index (χ4n) is 4.32. The van der Waals surface area contributed by atoms with E-state index in [0.717, 1.165) is 12.1 Å². The number of halogens is 3. The predicted octanol–water partition coefficient (Wildman–Crippen LogP) is 4.78. The number of imidazole rings is 1. The lowest BCUT2D eigenvalue weighted by Gasteiger charge is -2.19. The molecule has 10 heteroatoms. The molecule has 0 saturated carbocycles. The van der Waals surface area contributed by atoms with Gasteiger partial charge in [-0.05, 0) is 30.7 Å². The summed E-state index contributed by atoms with van der Waals surface area (Å²) in [4.78, 5) is 8.49. The molecule has 0 N–H and O–H groups in total. The van der Waals surface area contributed by atoms with Crippen molar-refractivity contribution < 1.29 is 26.3 Å². The van der Waals surface area contributed by atoms with E-state index in [1.807, 2.05) is 4.57 Å². The van der Waals surface area contributed by atoms with Gasteiger partial charge in [0.25, 0.3) is 0 Å². The highest BCUT2D eigenvalue weighted by atomic mass is 32.2. The molecule has 0 bridgehead atoms. The van der Waals surface area contributed by atoms with Gasteiger partial charge in [-0.1, -0.05) is 18.2 Å². The van der Waals surface area contributed by atoms with Crippen LogP contribution in [0.1, 0.15) is 23.9 Å². The molecular formula is C23H18F3N3O3S. The quantitative estimate of drug-likeness (QED) is 0.417. The molecule has 1 atom stereocenters. The van der Waals surface area contributed by atoms with Gasteiger partial charge in [-0.3, -0.25) is 0 Å². The molecule has 170 valence electrons. The van der Waals surface area contributed by atoms with Gasteiger partial charge in [-0.2, -0.15) is 8.78 Å². The molecule has 2 aromatic heterocycles. The summed E-state index contributed by atoms with van der Waals surface area (Å²) in [6.07, 6.45) is 3.60. The van der Waals surface area contributed by atoms with Crippen LogP contribution in [0, 0.1) is 5.82 Å². The van der Waals surface area contributed by atoms with Crippen molar-refractivity contribution in [1.82, 2.24) is 14.5 Å². The maximum absolute atomic E-state index is 14.9. The molecule has 0 amide bonds. The Kier molecular flexibility index (Phi) is 5.12. The van der Waals surface area contributed by atoms with E-state index >= 15 is 0 Å². The zero-order chi connectivity index (χ0) is 23.3. The van der Waals surface area contributed by atoms with Gasteiger partial charge in [-0.15, -0.1) is 0 Å². The highest BCUT2D eigenvalue weighted by Gasteiger charge is 2.30. The number of sulfone groups is 1. The smallest absolute Gasteiger partial charge is 0.387 e. The number of para-hydroxylation sites is 1. The lowest BCUT2D eigenvalue weighted by Crippen LogP contribution is -2.10. The van der Waals surface area contributed by atoms with Crippen LogP contribution < -0.4 is 4.74 Å². The maximum atomic E-state index is 14.9. The van der Waals surface area contributed by atoms with Crippen LogP contribution in [-0.4, -0.2) is 35.8 Å². The SMILES string of the molecule is CS(=O)(=O)c1ccc(-c2cc3c(cc2F)nc2n3[C@@H](c3ccccc3OC(F)F)CC2)cn1. The largest absolute Gasteiger partial charge is 0.434 e. The molecule has 0 aliphatic carbocycles. The average Bonchev–Trinajstić information content (AvgIpc) is 3.31. The highest BCUT2D eigenvalue weighted by Crippen LogP contribution is 2.40. The third-order valence-corrected chi connectivity index (χ3v) is 6.73. The van der Waals surface area contributed by atoms with E-state index in [1.54, 1.807) is 24.3 Å². The molecule has 0 spiro atoms. The number of hydrogen-bond donors (Lipinski definition) is 0. The summed E-state index contributed by atoms with van der Waals surface area (Å²) < 4.78 is 70.8. The first-order valence-electron chi connectivity index (χ1n) is 10.1. The van der Waals surface area contributed by atoms with Gasteiger partial charge < -0.3 is 9.30 Å². The Morgan fingerprint density at radius 3 is 2.64 bits per heavy atom. The maximum Gasteiger partial charge on any atom is 0.387 e. The third-order valence-electron chi connectivity index (χ3n) is 5.73. The van der Waals surface area contributed by atoms with Crippen LogP contribution in [0.25, 0.3) is 22.2 Å². The number of fused-ring (bicyclic) bond motifs is 3. The second-order valence-electron chi connectivity index (χ2n) is 7.85. The first-order valence-corrected chi connectivity index (χ1v) is 12.0. The molecule has 2 aromatic carbocycles. The highest BCUT2D eigenvalue weighted by molar-refractivity contribution is 7.90. The van der Waals surface area contributed by atoms with E-state index in [-0.39, 0.29) is 22.4 Å². The van der Waals surface area contributed by atoms with Crippen LogP contribution in [0.5, 0.6) is 5.75 Å². The topological polar surface area (TPSA) is 74.1 Å². The third kappa shape index (κ3) is 3.84.